The van der Waals surface area contributed by atoms with Gasteiger partial charge in [-0.15, -0.1) is 0 Å². The van der Waals surface area contributed by atoms with Crippen LogP contribution >= 0.6 is 11.6 Å². The molecule has 2 aromatic carbocycles. The summed E-state index contributed by atoms with van der Waals surface area (Å²) in [5, 5.41) is 9.43. The lowest BCUT2D eigenvalue weighted by atomic mass is 10.1. The number of aromatic nitrogens is 2. The lowest BCUT2D eigenvalue weighted by Gasteiger charge is -2.17. The van der Waals surface area contributed by atoms with Crippen LogP contribution in [-0.2, 0) is 11.0 Å². The summed E-state index contributed by atoms with van der Waals surface area (Å²) >= 11 is 5.90. The van der Waals surface area contributed by atoms with Crippen molar-refractivity contribution in [2.45, 2.75) is 32.0 Å². The number of hydrogen-bond donors (Lipinski definition) is 2. The van der Waals surface area contributed by atoms with Gasteiger partial charge in [0.05, 0.1) is 23.5 Å². The van der Waals surface area contributed by atoms with Crippen molar-refractivity contribution >= 4 is 29.1 Å². The number of nitrogens with one attached hydrogen (secondary N) is 2. The molecule has 6 nitrogen and oxygen atoms in total. The van der Waals surface area contributed by atoms with Gasteiger partial charge in [0.2, 0.25) is 5.91 Å². The Balaban J connectivity index is 1.52. The molecule has 33 heavy (non-hydrogen) atoms. The van der Waals surface area contributed by atoms with E-state index in [0.29, 0.717) is 15.9 Å². The molecule has 1 heterocycles. The molecule has 1 aliphatic rings. The van der Waals surface area contributed by atoms with Gasteiger partial charge in [-0.05, 0) is 55.7 Å². The van der Waals surface area contributed by atoms with Gasteiger partial charge in [0.15, 0.2) is 5.69 Å². The number of carbonyl (C=O) groups excluding carboxylic acids is 2. The van der Waals surface area contributed by atoms with Crippen LogP contribution in [-0.4, -0.2) is 21.6 Å². The van der Waals surface area contributed by atoms with E-state index in [4.69, 9.17) is 11.6 Å². The zero-order chi connectivity index (χ0) is 23.8. The van der Waals surface area contributed by atoms with Gasteiger partial charge in [0.1, 0.15) is 0 Å². The minimum Gasteiger partial charge on any atom is -0.345 e. The highest BCUT2D eigenvalue weighted by molar-refractivity contribution is 6.30. The molecule has 3 aromatic rings. The molecule has 1 fully saturated rings. The van der Waals surface area contributed by atoms with Gasteiger partial charge < -0.3 is 10.6 Å². The summed E-state index contributed by atoms with van der Waals surface area (Å²) in [6.07, 6.45) is -2.15. The molecule has 1 aliphatic carbocycles. The summed E-state index contributed by atoms with van der Waals surface area (Å²) in [5.74, 6) is -0.867. The van der Waals surface area contributed by atoms with Crippen LogP contribution in [0.3, 0.4) is 0 Å². The average Bonchev–Trinajstić information content (AvgIpc) is 3.51. The van der Waals surface area contributed by atoms with Crippen molar-refractivity contribution in [3.63, 3.8) is 0 Å². The van der Waals surface area contributed by atoms with E-state index in [0.717, 1.165) is 19.0 Å². The van der Waals surface area contributed by atoms with Gasteiger partial charge in [0, 0.05) is 16.6 Å². The maximum Gasteiger partial charge on any atom is 0.434 e. The first kappa shape index (κ1) is 22.8. The molecule has 0 radical (unpaired) electrons. The highest BCUT2D eigenvalue weighted by Gasteiger charge is 2.40. The number of halogens is 4. The molecule has 172 valence electrons. The second-order valence-corrected chi connectivity index (χ2v) is 8.31. The monoisotopic (exact) mass is 476 g/mol. The highest BCUT2D eigenvalue weighted by atomic mass is 35.5. The van der Waals surface area contributed by atoms with Crippen molar-refractivity contribution in [3.8, 4) is 5.69 Å². The average molecular weight is 477 g/mol. The Hall–Kier alpha value is -3.33. The lowest BCUT2D eigenvalue weighted by Crippen LogP contribution is -2.29. The fourth-order valence-electron chi connectivity index (χ4n) is 3.39. The maximum atomic E-state index is 13.9. The van der Waals surface area contributed by atoms with Crippen LogP contribution in [0.5, 0.6) is 0 Å². The van der Waals surface area contributed by atoms with E-state index in [1.165, 1.54) is 24.3 Å². The number of amides is 2. The van der Waals surface area contributed by atoms with Gasteiger partial charge in [-0.1, -0.05) is 29.8 Å². The second kappa shape index (κ2) is 8.90. The number of carbonyl (C=O) groups is 2. The van der Waals surface area contributed by atoms with E-state index in [1.54, 1.807) is 31.2 Å². The fraction of sp³-hybridized carbons (Fsp3) is 0.261. The fourth-order valence-corrected chi connectivity index (χ4v) is 3.58. The van der Waals surface area contributed by atoms with Crippen LogP contribution < -0.4 is 10.6 Å². The van der Waals surface area contributed by atoms with Crippen molar-refractivity contribution in [3.05, 3.63) is 76.6 Å². The molecule has 4 rings (SSSR count). The van der Waals surface area contributed by atoms with E-state index in [1.807, 2.05) is 0 Å². The minimum absolute atomic E-state index is 0.0273. The van der Waals surface area contributed by atoms with Crippen LogP contribution in [0, 0.1) is 5.92 Å². The Labute approximate surface area is 192 Å². The quantitative estimate of drug-likeness (QED) is 0.501. The Morgan fingerprint density at radius 1 is 1.15 bits per heavy atom. The molecule has 2 N–H and O–H groups in total. The van der Waals surface area contributed by atoms with Crippen molar-refractivity contribution in [1.82, 2.24) is 15.1 Å². The third kappa shape index (κ3) is 5.19. The topological polar surface area (TPSA) is 76.0 Å². The van der Waals surface area contributed by atoms with Gasteiger partial charge in [0.25, 0.3) is 5.91 Å². The predicted octanol–water partition coefficient (Wildman–Crippen LogP) is 5.38. The van der Waals surface area contributed by atoms with Crippen LogP contribution in [0.1, 0.15) is 47.4 Å². The highest BCUT2D eigenvalue weighted by Crippen LogP contribution is 2.34. The molecular weight excluding hydrogens is 457 g/mol. The van der Waals surface area contributed by atoms with Gasteiger partial charge in [-0.25, -0.2) is 4.68 Å². The summed E-state index contributed by atoms with van der Waals surface area (Å²) in [7, 11) is 0. The number of rotatable bonds is 6. The van der Waals surface area contributed by atoms with Gasteiger partial charge in [-0.2, -0.15) is 18.3 Å². The molecule has 10 heteroatoms. The maximum absolute atomic E-state index is 13.9. The Morgan fingerprint density at radius 3 is 2.45 bits per heavy atom. The van der Waals surface area contributed by atoms with E-state index < -0.39 is 29.4 Å². The summed E-state index contributed by atoms with van der Waals surface area (Å²) in [6, 6.07) is 12.0. The third-order valence-corrected chi connectivity index (χ3v) is 5.54. The summed E-state index contributed by atoms with van der Waals surface area (Å²) < 4.78 is 42.2. The summed E-state index contributed by atoms with van der Waals surface area (Å²) in [6.45, 7) is 1.66. The standard InChI is InChI=1S/C23H20ClF3N4O2/c1-13(14-7-9-17(10-8-14)30-21(32)15-5-6-15)29-22(33)19-12-28-31(20(19)23(25,26)27)18-4-2-3-16(24)11-18/h2-4,7-13,15H,5-6H2,1H3,(H,29,33)(H,30,32). The Bertz CT molecular complexity index is 1190. The number of alkyl halides is 3. The molecule has 0 bridgehead atoms. The zero-order valence-electron chi connectivity index (χ0n) is 17.5. The third-order valence-electron chi connectivity index (χ3n) is 5.31. The molecule has 0 aliphatic heterocycles. The van der Waals surface area contributed by atoms with Crippen molar-refractivity contribution < 1.29 is 22.8 Å². The molecular formula is C23H20ClF3N4O2. The van der Waals surface area contributed by atoms with Crippen LogP contribution in [0.4, 0.5) is 18.9 Å². The zero-order valence-corrected chi connectivity index (χ0v) is 18.2. The number of nitrogens with zero attached hydrogens (tertiary/aromatic N) is 2. The lowest BCUT2D eigenvalue weighted by molar-refractivity contribution is -0.143. The molecule has 0 spiro atoms. The molecule has 1 unspecified atom stereocenters. The smallest absolute Gasteiger partial charge is 0.345 e. The molecule has 1 saturated carbocycles. The SMILES string of the molecule is CC(NC(=O)c1cnn(-c2cccc(Cl)c2)c1C(F)(F)F)c1ccc(NC(=O)C2CC2)cc1. The predicted molar refractivity (Wildman–Crippen MR) is 117 cm³/mol. The first-order valence-electron chi connectivity index (χ1n) is 10.3. The molecule has 1 atom stereocenters. The minimum atomic E-state index is -4.82. The van der Waals surface area contributed by atoms with E-state index in [-0.39, 0.29) is 22.5 Å². The van der Waals surface area contributed by atoms with E-state index >= 15 is 0 Å². The van der Waals surface area contributed by atoms with Crippen LogP contribution in [0.25, 0.3) is 5.69 Å². The Morgan fingerprint density at radius 2 is 1.85 bits per heavy atom. The van der Waals surface area contributed by atoms with E-state index in [2.05, 4.69) is 15.7 Å². The van der Waals surface area contributed by atoms with Crippen molar-refractivity contribution in [2.24, 2.45) is 5.92 Å². The van der Waals surface area contributed by atoms with E-state index in [9.17, 15) is 22.8 Å². The summed E-state index contributed by atoms with van der Waals surface area (Å²) in [5.41, 5.74) is -0.402. The largest absolute Gasteiger partial charge is 0.434 e. The molecule has 0 saturated heterocycles. The molecule has 2 amide bonds. The first-order valence-corrected chi connectivity index (χ1v) is 10.6. The number of benzene rings is 2. The van der Waals surface area contributed by atoms with Crippen LogP contribution in [0.2, 0.25) is 5.02 Å². The summed E-state index contributed by atoms with van der Waals surface area (Å²) in [4.78, 5) is 24.6. The number of hydrogen-bond acceptors (Lipinski definition) is 3. The van der Waals surface area contributed by atoms with Crippen molar-refractivity contribution in [1.29, 1.82) is 0 Å². The Kier molecular flexibility index (Phi) is 6.16. The first-order chi connectivity index (χ1) is 15.6. The van der Waals surface area contributed by atoms with Crippen molar-refractivity contribution in [2.75, 3.05) is 5.32 Å². The molecule has 1 aromatic heterocycles. The normalized spacial score (nSPS) is 14.6. The number of anilines is 1. The second-order valence-electron chi connectivity index (χ2n) is 7.88. The van der Waals surface area contributed by atoms with Gasteiger partial charge >= 0.3 is 6.18 Å². The van der Waals surface area contributed by atoms with Crippen LogP contribution in [0.15, 0.2) is 54.7 Å². The van der Waals surface area contributed by atoms with Gasteiger partial charge in [-0.3, -0.25) is 9.59 Å².